The molecule has 0 aliphatic carbocycles. The third-order valence-electron chi connectivity index (χ3n) is 4.20. The highest BCUT2D eigenvalue weighted by Gasteiger charge is 2.15. The second-order valence-electron chi connectivity index (χ2n) is 6.05. The highest BCUT2D eigenvalue weighted by molar-refractivity contribution is 5.85. The summed E-state index contributed by atoms with van der Waals surface area (Å²) in [6.07, 6.45) is 0. The first kappa shape index (κ1) is 15.6. The Kier molecular flexibility index (Phi) is 4.39. The lowest BCUT2D eigenvalue weighted by Crippen LogP contribution is -2.05. The molecule has 23 heavy (non-hydrogen) atoms. The molecule has 3 aromatic rings. The quantitative estimate of drug-likeness (QED) is 0.691. The molecule has 0 atom stereocenters. The first-order valence-corrected chi connectivity index (χ1v) is 7.85. The fraction of sp³-hybridized carbons (Fsp3) is 0.300. The molecule has 3 heteroatoms. The summed E-state index contributed by atoms with van der Waals surface area (Å²) < 4.78 is 13.7. The van der Waals surface area contributed by atoms with Crippen molar-refractivity contribution in [3.63, 3.8) is 0 Å². The number of nitrogens with zero attached hydrogens (tertiary/aromatic N) is 1. The van der Waals surface area contributed by atoms with Crippen molar-refractivity contribution in [2.45, 2.75) is 27.1 Å². The number of aryl methyl sites for hydroxylation is 3. The summed E-state index contributed by atoms with van der Waals surface area (Å²) in [5, 5.41) is 1.23. The van der Waals surface area contributed by atoms with Crippen molar-refractivity contribution in [3.8, 4) is 5.75 Å². The van der Waals surface area contributed by atoms with Crippen molar-refractivity contribution in [1.29, 1.82) is 0 Å². The lowest BCUT2D eigenvalue weighted by molar-refractivity contribution is 0.182. The molecule has 3 nitrogen and oxygen atoms in total. The largest absolute Gasteiger partial charge is 0.487 e. The average molecular weight is 309 g/mol. The Hall–Kier alpha value is -2.26. The van der Waals surface area contributed by atoms with E-state index in [4.69, 9.17) is 9.47 Å². The van der Waals surface area contributed by atoms with E-state index in [1.54, 1.807) is 7.11 Å². The van der Waals surface area contributed by atoms with E-state index < -0.39 is 0 Å². The molecule has 0 saturated carbocycles. The molecule has 0 amide bonds. The maximum atomic E-state index is 6.07. The molecule has 120 valence electrons. The molecule has 3 rings (SSSR count). The van der Waals surface area contributed by atoms with Crippen LogP contribution in [0.25, 0.3) is 10.9 Å². The molecule has 0 radical (unpaired) electrons. The summed E-state index contributed by atoms with van der Waals surface area (Å²) in [7, 11) is 3.82. The maximum Gasteiger partial charge on any atom is 0.129 e. The average Bonchev–Trinajstić information content (AvgIpc) is 2.78. The first-order valence-electron chi connectivity index (χ1n) is 7.85. The molecule has 0 saturated heterocycles. The summed E-state index contributed by atoms with van der Waals surface area (Å²) in [5.74, 6) is 0.913. The number of rotatable bonds is 5. The molecule has 0 aliphatic rings. The Balaban J connectivity index is 1.95. The number of aromatic nitrogens is 1. The van der Waals surface area contributed by atoms with Crippen molar-refractivity contribution >= 4 is 10.9 Å². The van der Waals surface area contributed by atoms with Crippen molar-refractivity contribution < 1.29 is 9.47 Å². The van der Waals surface area contributed by atoms with Gasteiger partial charge in [-0.25, -0.2) is 0 Å². The molecule has 0 spiro atoms. The molecule has 0 unspecified atom stereocenters. The van der Waals surface area contributed by atoms with Gasteiger partial charge in [0.2, 0.25) is 0 Å². The van der Waals surface area contributed by atoms with Gasteiger partial charge < -0.3 is 14.0 Å². The van der Waals surface area contributed by atoms with Crippen LogP contribution >= 0.6 is 0 Å². The molecule has 1 aromatic heterocycles. The fourth-order valence-electron chi connectivity index (χ4n) is 3.18. The Bertz CT molecular complexity index is 813. The van der Waals surface area contributed by atoms with Gasteiger partial charge in [-0.2, -0.15) is 0 Å². The third-order valence-corrected chi connectivity index (χ3v) is 4.20. The number of para-hydroxylation sites is 1. The normalized spacial score (nSPS) is 11.1. The summed E-state index contributed by atoms with van der Waals surface area (Å²) >= 11 is 0. The van der Waals surface area contributed by atoms with Gasteiger partial charge in [-0.15, -0.1) is 0 Å². The van der Waals surface area contributed by atoms with Crippen LogP contribution < -0.4 is 4.74 Å². The van der Waals surface area contributed by atoms with Crippen LogP contribution in [0.3, 0.4) is 0 Å². The van der Waals surface area contributed by atoms with E-state index >= 15 is 0 Å². The van der Waals surface area contributed by atoms with E-state index in [1.807, 2.05) is 0 Å². The zero-order valence-corrected chi connectivity index (χ0v) is 14.2. The van der Waals surface area contributed by atoms with Crippen LogP contribution in [0.5, 0.6) is 5.75 Å². The van der Waals surface area contributed by atoms with Crippen molar-refractivity contribution in [2.24, 2.45) is 7.05 Å². The Morgan fingerprint density at radius 3 is 2.35 bits per heavy atom. The number of fused-ring (bicyclic) bond motifs is 1. The molecule has 2 aromatic carbocycles. The van der Waals surface area contributed by atoms with Crippen LogP contribution in [0.15, 0.2) is 42.5 Å². The summed E-state index contributed by atoms with van der Waals surface area (Å²) in [5.41, 5.74) is 6.00. The van der Waals surface area contributed by atoms with Gasteiger partial charge in [0.05, 0.1) is 12.3 Å². The number of ether oxygens (including phenoxy) is 2. The Morgan fingerprint density at radius 2 is 1.65 bits per heavy atom. The van der Waals surface area contributed by atoms with Crippen LogP contribution in [0.4, 0.5) is 0 Å². The van der Waals surface area contributed by atoms with Crippen LogP contribution in [0.2, 0.25) is 0 Å². The molecular formula is C20H23NO2. The highest BCUT2D eigenvalue weighted by Crippen LogP contribution is 2.27. The van der Waals surface area contributed by atoms with E-state index in [-0.39, 0.29) is 0 Å². The van der Waals surface area contributed by atoms with Crippen LogP contribution in [-0.4, -0.2) is 11.7 Å². The summed E-state index contributed by atoms with van der Waals surface area (Å²) in [6, 6.07) is 14.7. The zero-order chi connectivity index (χ0) is 16.4. The Labute approximate surface area is 137 Å². The van der Waals surface area contributed by atoms with Gasteiger partial charge in [-0.1, -0.05) is 24.3 Å². The molecule has 0 bridgehead atoms. The van der Waals surface area contributed by atoms with Gasteiger partial charge in [0.25, 0.3) is 0 Å². The minimum Gasteiger partial charge on any atom is -0.487 e. The SMILES string of the molecule is COCc1c(COc2cc(C)cc(C)c2)n(C)c2ccccc12. The van der Waals surface area contributed by atoms with Gasteiger partial charge in [-0.05, 0) is 43.2 Å². The van der Waals surface area contributed by atoms with Gasteiger partial charge in [-0.3, -0.25) is 0 Å². The highest BCUT2D eigenvalue weighted by atomic mass is 16.5. The maximum absolute atomic E-state index is 6.07. The van der Waals surface area contributed by atoms with Gasteiger partial charge >= 0.3 is 0 Å². The standard InChI is InChI=1S/C20H23NO2/c1-14-9-15(2)11-16(10-14)23-13-20-18(12-22-4)17-7-5-6-8-19(17)21(20)3/h5-11H,12-13H2,1-4H3. The van der Waals surface area contributed by atoms with E-state index in [0.717, 1.165) is 11.4 Å². The molecule has 1 heterocycles. The van der Waals surface area contributed by atoms with E-state index in [1.165, 1.54) is 27.6 Å². The molecule has 0 fully saturated rings. The lowest BCUT2D eigenvalue weighted by atomic mass is 10.1. The minimum absolute atomic E-state index is 0.534. The summed E-state index contributed by atoms with van der Waals surface area (Å²) in [4.78, 5) is 0. The third kappa shape index (κ3) is 3.10. The van der Waals surface area contributed by atoms with Crippen LogP contribution in [0.1, 0.15) is 22.4 Å². The fourth-order valence-corrected chi connectivity index (χ4v) is 3.18. The van der Waals surface area contributed by atoms with Crippen molar-refractivity contribution in [1.82, 2.24) is 4.57 Å². The number of hydrogen-bond acceptors (Lipinski definition) is 2. The lowest BCUT2D eigenvalue weighted by Gasteiger charge is -2.11. The Morgan fingerprint density at radius 1 is 0.957 bits per heavy atom. The van der Waals surface area contributed by atoms with E-state index in [0.29, 0.717) is 13.2 Å². The van der Waals surface area contributed by atoms with E-state index in [9.17, 15) is 0 Å². The minimum atomic E-state index is 0.534. The smallest absolute Gasteiger partial charge is 0.129 e. The number of methoxy groups -OCH3 is 1. The second-order valence-corrected chi connectivity index (χ2v) is 6.05. The predicted octanol–water partition coefficient (Wildman–Crippen LogP) is 4.52. The first-order chi connectivity index (χ1) is 11.1. The van der Waals surface area contributed by atoms with Crippen LogP contribution in [0, 0.1) is 13.8 Å². The molecule has 0 N–H and O–H groups in total. The van der Waals surface area contributed by atoms with Crippen molar-refractivity contribution in [3.05, 3.63) is 64.8 Å². The van der Waals surface area contributed by atoms with Crippen LogP contribution in [-0.2, 0) is 25.0 Å². The predicted molar refractivity (Wildman–Crippen MR) is 93.9 cm³/mol. The second kappa shape index (κ2) is 6.47. The number of benzene rings is 2. The van der Waals surface area contributed by atoms with Crippen molar-refractivity contribution in [2.75, 3.05) is 7.11 Å². The monoisotopic (exact) mass is 309 g/mol. The van der Waals surface area contributed by atoms with Gasteiger partial charge in [0, 0.05) is 30.6 Å². The summed E-state index contributed by atoms with van der Waals surface area (Å²) in [6.45, 7) is 5.31. The van der Waals surface area contributed by atoms with Gasteiger partial charge in [0.15, 0.2) is 0 Å². The molecular weight excluding hydrogens is 286 g/mol. The number of hydrogen-bond donors (Lipinski definition) is 0. The van der Waals surface area contributed by atoms with E-state index in [2.05, 4.69) is 67.9 Å². The van der Waals surface area contributed by atoms with Gasteiger partial charge in [0.1, 0.15) is 12.4 Å². The topological polar surface area (TPSA) is 23.4 Å². The zero-order valence-electron chi connectivity index (χ0n) is 14.2. The molecule has 0 aliphatic heterocycles.